The van der Waals surface area contributed by atoms with E-state index in [-0.39, 0.29) is 0 Å². The summed E-state index contributed by atoms with van der Waals surface area (Å²) in [5.41, 5.74) is 6.19. The van der Waals surface area contributed by atoms with Crippen molar-refractivity contribution in [3.05, 3.63) is 23.3 Å². The molecule has 0 heterocycles. The van der Waals surface area contributed by atoms with E-state index in [4.69, 9.17) is 10.5 Å². The number of ether oxygens (including phenoxy) is 1. The highest BCUT2D eigenvalue weighted by molar-refractivity contribution is 6.01. The molecule has 114 valence electrons. The lowest BCUT2D eigenvalue weighted by molar-refractivity contribution is -0.153. The maximum atomic E-state index is 11.7. The van der Waals surface area contributed by atoms with Crippen LogP contribution in [0, 0.1) is 0 Å². The Hall–Kier alpha value is -1.46. The molecule has 0 saturated carbocycles. The van der Waals surface area contributed by atoms with Crippen LogP contribution in [-0.2, 0) is 14.3 Å². The molecule has 0 aliphatic carbocycles. The first-order valence-electron chi connectivity index (χ1n) is 7.03. The maximum Gasteiger partial charge on any atom is 0.341 e. The van der Waals surface area contributed by atoms with Gasteiger partial charge in [0, 0.05) is 11.1 Å². The van der Waals surface area contributed by atoms with E-state index in [0.29, 0.717) is 24.1 Å². The minimum atomic E-state index is -0.611. The van der Waals surface area contributed by atoms with Crippen LogP contribution in [0.5, 0.6) is 0 Å². The second-order valence-electron chi connectivity index (χ2n) is 4.57. The fraction of sp³-hybridized carbons (Fsp3) is 0.600. The maximum absolute atomic E-state index is 11.7. The molecule has 0 spiro atoms. The van der Waals surface area contributed by atoms with Crippen molar-refractivity contribution in [1.82, 2.24) is 5.32 Å². The molecule has 0 aliphatic rings. The standard InChI is InChI=1S/C15H26N2O3/c1-4-10-17-11-6-8-13(3)15(19)20-14(18)12(2)7-5-9-16/h7-8,17H,4-6,9-11,16H2,1-3H3. The summed E-state index contributed by atoms with van der Waals surface area (Å²) in [5, 5.41) is 3.23. The van der Waals surface area contributed by atoms with Crippen LogP contribution < -0.4 is 11.1 Å². The Balaban J connectivity index is 4.18. The Morgan fingerprint density at radius 2 is 1.60 bits per heavy atom. The lowest BCUT2D eigenvalue weighted by atomic mass is 10.2. The zero-order chi connectivity index (χ0) is 15.4. The number of rotatable bonds is 9. The zero-order valence-electron chi connectivity index (χ0n) is 12.7. The van der Waals surface area contributed by atoms with Crippen molar-refractivity contribution in [2.24, 2.45) is 5.73 Å². The molecular weight excluding hydrogens is 256 g/mol. The van der Waals surface area contributed by atoms with Gasteiger partial charge in [-0.25, -0.2) is 9.59 Å². The summed E-state index contributed by atoms with van der Waals surface area (Å²) in [4.78, 5) is 23.3. The first-order valence-corrected chi connectivity index (χ1v) is 7.03. The molecule has 5 heteroatoms. The predicted molar refractivity (Wildman–Crippen MR) is 80.1 cm³/mol. The summed E-state index contributed by atoms with van der Waals surface area (Å²) < 4.78 is 4.77. The number of hydrogen-bond acceptors (Lipinski definition) is 5. The SMILES string of the molecule is CCCNCCC=C(C)C(=O)OC(=O)C(C)=CCCN. The molecule has 0 radical (unpaired) electrons. The average molecular weight is 282 g/mol. The molecule has 0 unspecified atom stereocenters. The van der Waals surface area contributed by atoms with Gasteiger partial charge in [0.2, 0.25) is 0 Å². The minimum absolute atomic E-state index is 0.404. The van der Waals surface area contributed by atoms with Crippen LogP contribution in [0.2, 0.25) is 0 Å². The smallest absolute Gasteiger partial charge is 0.341 e. The molecule has 0 fully saturated rings. The highest BCUT2D eigenvalue weighted by Gasteiger charge is 2.13. The molecule has 0 amide bonds. The molecule has 0 aromatic heterocycles. The Bertz CT molecular complexity index is 373. The molecule has 0 aliphatic heterocycles. The molecule has 0 aromatic carbocycles. The Labute approximate surface area is 121 Å². The van der Waals surface area contributed by atoms with Gasteiger partial charge >= 0.3 is 11.9 Å². The number of esters is 2. The average Bonchev–Trinajstić information content (AvgIpc) is 2.43. The van der Waals surface area contributed by atoms with Gasteiger partial charge in [-0.1, -0.05) is 19.1 Å². The molecule has 0 rings (SSSR count). The summed E-state index contributed by atoms with van der Waals surface area (Å²) in [7, 11) is 0. The molecule has 0 bridgehead atoms. The lowest BCUT2D eigenvalue weighted by Crippen LogP contribution is -2.16. The molecule has 0 aromatic rings. The third-order valence-electron chi connectivity index (χ3n) is 2.64. The van der Waals surface area contributed by atoms with Crippen molar-refractivity contribution >= 4 is 11.9 Å². The third-order valence-corrected chi connectivity index (χ3v) is 2.64. The highest BCUT2D eigenvalue weighted by atomic mass is 16.6. The molecule has 20 heavy (non-hydrogen) atoms. The van der Waals surface area contributed by atoms with E-state index in [1.165, 1.54) is 0 Å². The van der Waals surface area contributed by atoms with Gasteiger partial charge in [0.1, 0.15) is 0 Å². The topological polar surface area (TPSA) is 81.4 Å². The highest BCUT2D eigenvalue weighted by Crippen LogP contribution is 2.04. The van der Waals surface area contributed by atoms with E-state index in [1.807, 2.05) is 0 Å². The van der Waals surface area contributed by atoms with Crippen LogP contribution in [0.3, 0.4) is 0 Å². The summed E-state index contributed by atoms with van der Waals surface area (Å²) in [6, 6.07) is 0. The third kappa shape index (κ3) is 8.61. The number of nitrogens with two attached hydrogens (primary N) is 1. The van der Waals surface area contributed by atoms with Gasteiger partial charge in [0.05, 0.1) is 0 Å². The van der Waals surface area contributed by atoms with Gasteiger partial charge in [0.25, 0.3) is 0 Å². The summed E-state index contributed by atoms with van der Waals surface area (Å²) in [6.45, 7) is 7.58. The Morgan fingerprint density at radius 1 is 1.05 bits per heavy atom. The van der Waals surface area contributed by atoms with Crippen molar-refractivity contribution in [3.8, 4) is 0 Å². The number of carbonyl (C=O) groups excluding carboxylic acids is 2. The van der Waals surface area contributed by atoms with E-state index < -0.39 is 11.9 Å². The fourth-order valence-electron chi connectivity index (χ4n) is 1.40. The van der Waals surface area contributed by atoms with Crippen LogP contribution in [-0.4, -0.2) is 31.6 Å². The first kappa shape index (κ1) is 18.5. The van der Waals surface area contributed by atoms with E-state index in [0.717, 1.165) is 25.9 Å². The molecule has 0 atom stereocenters. The largest absolute Gasteiger partial charge is 0.386 e. The van der Waals surface area contributed by atoms with Crippen molar-refractivity contribution < 1.29 is 14.3 Å². The number of nitrogens with one attached hydrogen (secondary N) is 1. The summed E-state index contributed by atoms with van der Waals surface area (Å²) >= 11 is 0. The number of carbonyl (C=O) groups is 2. The van der Waals surface area contributed by atoms with Crippen LogP contribution in [0.15, 0.2) is 23.3 Å². The van der Waals surface area contributed by atoms with Crippen molar-refractivity contribution in [2.75, 3.05) is 19.6 Å². The lowest BCUT2D eigenvalue weighted by Gasteiger charge is -2.04. The molecular formula is C15H26N2O3. The molecule has 0 saturated heterocycles. The molecule has 3 N–H and O–H groups in total. The van der Waals surface area contributed by atoms with Gasteiger partial charge in [-0.15, -0.1) is 0 Å². The quantitative estimate of drug-likeness (QED) is 0.291. The Morgan fingerprint density at radius 3 is 2.10 bits per heavy atom. The van der Waals surface area contributed by atoms with E-state index in [9.17, 15) is 9.59 Å². The van der Waals surface area contributed by atoms with Crippen LogP contribution in [0.4, 0.5) is 0 Å². The van der Waals surface area contributed by atoms with Gasteiger partial charge in [0.15, 0.2) is 0 Å². The van der Waals surface area contributed by atoms with Gasteiger partial charge < -0.3 is 15.8 Å². The molecule has 5 nitrogen and oxygen atoms in total. The monoisotopic (exact) mass is 282 g/mol. The number of hydrogen-bond donors (Lipinski definition) is 2. The van der Waals surface area contributed by atoms with Gasteiger partial charge in [-0.05, 0) is 52.7 Å². The van der Waals surface area contributed by atoms with Crippen LogP contribution >= 0.6 is 0 Å². The zero-order valence-corrected chi connectivity index (χ0v) is 12.7. The Kier molecular flexibility index (Phi) is 10.5. The van der Waals surface area contributed by atoms with Crippen molar-refractivity contribution in [1.29, 1.82) is 0 Å². The van der Waals surface area contributed by atoms with E-state index >= 15 is 0 Å². The second-order valence-corrected chi connectivity index (χ2v) is 4.57. The van der Waals surface area contributed by atoms with Gasteiger partial charge in [-0.2, -0.15) is 0 Å². The summed E-state index contributed by atoms with van der Waals surface area (Å²) in [5.74, 6) is -1.20. The second kappa shape index (κ2) is 11.4. The van der Waals surface area contributed by atoms with E-state index in [2.05, 4.69) is 12.2 Å². The normalized spacial score (nSPS) is 12.4. The predicted octanol–water partition coefficient (Wildman–Crippen LogP) is 1.69. The fourth-order valence-corrected chi connectivity index (χ4v) is 1.40. The van der Waals surface area contributed by atoms with Crippen LogP contribution in [0.25, 0.3) is 0 Å². The van der Waals surface area contributed by atoms with Gasteiger partial charge in [-0.3, -0.25) is 0 Å². The summed E-state index contributed by atoms with van der Waals surface area (Å²) in [6.07, 6.45) is 5.85. The van der Waals surface area contributed by atoms with E-state index in [1.54, 1.807) is 26.0 Å². The first-order chi connectivity index (χ1) is 9.52. The minimum Gasteiger partial charge on any atom is -0.386 e. The van der Waals surface area contributed by atoms with Crippen molar-refractivity contribution in [3.63, 3.8) is 0 Å². The van der Waals surface area contributed by atoms with Crippen molar-refractivity contribution in [2.45, 2.75) is 40.0 Å². The van der Waals surface area contributed by atoms with Crippen LogP contribution in [0.1, 0.15) is 40.0 Å².